The van der Waals surface area contributed by atoms with E-state index in [0.29, 0.717) is 5.69 Å². The Balaban J connectivity index is 1.83. The fourth-order valence-corrected chi connectivity index (χ4v) is 3.41. The van der Waals surface area contributed by atoms with E-state index < -0.39 is 23.2 Å². The first kappa shape index (κ1) is 19.4. The van der Waals surface area contributed by atoms with Gasteiger partial charge in [-0.15, -0.1) is 0 Å². The van der Waals surface area contributed by atoms with Crippen molar-refractivity contribution in [3.63, 3.8) is 0 Å². The van der Waals surface area contributed by atoms with E-state index in [4.69, 9.17) is 0 Å². The van der Waals surface area contributed by atoms with E-state index in [9.17, 15) is 19.5 Å². The summed E-state index contributed by atoms with van der Waals surface area (Å²) in [6, 6.07) is 8.04. The summed E-state index contributed by atoms with van der Waals surface area (Å²) < 4.78 is 1.22. The number of benzene rings is 1. The Hall–Kier alpha value is -3.36. The van der Waals surface area contributed by atoms with E-state index in [2.05, 4.69) is 20.8 Å². The number of hydrazone groups is 1. The van der Waals surface area contributed by atoms with Crippen LogP contribution in [0.5, 0.6) is 5.88 Å². The first-order valence-electron chi connectivity index (χ1n) is 9.22. The highest BCUT2D eigenvalue weighted by atomic mass is 16.3. The van der Waals surface area contributed by atoms with Crippen LogP contribution in [0.4, 0.5) is 10.5 Å². The third kappa shape index (κ3) is 4.30. The standard InChI is InChI=1S/C19H23N5O4/c1-12(22-23-18(27)20-13-8-4-2-5-9-13)15-16(25)21-19(28)24(17(15)26)14-10-6-3-7-11-14/h2,4-5,8-9,14,26H,3,6-7,10-11H2,1H3,(H2,20,23,27)(H,21,25,28)/b22-12+. The minimum Gasteiger partial charge on any atom is -0.494 e. The summed E-state index contributed by atoms with van der Waals surface area (Å²) in [5.74, 6) is -0.424. The molecular weight excluding hydrogens is 362 g/mol. The molecule has 0 aliphatic heterocycles. The number of rotatable bonds is 4. The summed E-state index contributed by atoms with van der Waals surface area (Å²) in [6.07, 6.45) is 4.52. The molecule has 148 valence electrons. The quantitative estimate of drug-likeness (QED) is 0.475. The van der Waals surface area contributed by atoms with Crippen LogP contribution in [-0.4, -0.2) is 26.4 Å². The van der Waals surface area contributed by atoms with E-state index in [1.807, 2.05) is 6.07 Å². The molecule has 2 amide bonds. The van der Waals surface area contributed by atoms with Gasteiger partial charge in [-0.25, -0.2) is 15.0 Å². The monoisotopic (exact) mass is 385 g/mol. The average molecular weight is 385 g/mol. The molecule has 0 atom stereocenters. The van der Waals surface area contributed by atoms with E-state index in [-0.39, 0.29) is 17.3 Å². The molecule has 1 aliphatic rings. The summed E-state index contributed by atoms with van der Waals surface area (Å²) in [7, 11) is 0. The molecule has 0 unspecified atom stereocenters. The fourth-order valence-electron chi connectivity index (χ4n) is 3.41. The Bertz CT molecular complexity index is 988. The molecule has 9 nitrogen and oxygen atoms in total. The highest BCUT2D eigenvalue weighted by Crippen LogP contribution is 2.30. The molecule has 0 bridgehead atoms. The van der Waals surface area contributed by atoms with Crippen LogP contribution in [0.15, 0.2) is 45.0 Å². The van der Waals surface area contributed by atoms with Gasteiger partial charge in [0.25, 0.3) is 5.56 Å². The van der Waals surface area contributed by atoms with Crippen LogP contribution in [0.3, 0.4) is 0 Å². The van der Waals surface area contributed by atoms with Gasteiger partial charge in [0.05, 0.1) is 5.71 Å². The largest absolute Gasteiger partial charge is 0.494 e. The summed E-state index contributed by atoms with van der Waals surface area (Å²) in [5.41, 5.74) is 1.43. The van der Waals surface area contributed by atoms with Crippen molar-refractivity contribution in [3.8, 4) is 5.88 Å². The highest BCUT2D eigenvalue weighted by Gasteiger charge is 2.24. The van der Waals surface area contributed by atoms with Crippen molar-refractivity contribution in [1.82, 2.24) is 15.0 Å². The normalized spacial score (nSPS) is 15.2. The summed E-state index contributed by atoms with van der Waals surface area (Å²) in [4.78, 5) is 38.7. The number of hydrogen-bond acceptors (Lipinski definition) is 5. The molecule has 9 heteroatoms. The zero-order valence-electron chi connectivity index (χ0n) is 15.6. The van der Waals surface area contributed by atoms with Crippen molar-refractivity contribution in [1.29, 1.82) is 0 Å². The van der Waals surface area contributed by atoms with Crippen LogP contribution in [0.25, 0.3) is 0 Å². The Morgan fingerprint density at radius 3 is 2.54 bits per heavy atom. The second-order valence-electron chi connectivity index (χ2n) is 6.75. The van der Waals surface area contributed by atoms with Crippen LogP contribution in [-0.2, 0) is 0 Å². The van der Waals surface area contributed by atoms with Crippen LogP contribution >= 0.6 is 0 Å². The number of aromatic hydroxyl groups is 1. The summed E-state index contributed by atoms with van der Waals surface area (Å²) >= 11 is 0. The van der Waals surface area contributed by atoms with Gasteiger partial charge < -0.3 is 10.4 Å². The number of H-pyrrole nitrogens is 1. The smallest absolute Gasteiger partial charge is 0.339 e. The van der Waals surface area contributed by atoms with Crippen LogP contribution < -0.4 is 22.0 Å². The molecule has 1 aliphatic carbocycles. The first-order valence-corrected chi connectivity index (χ1v) is 9.22. The minimum absolute atomic E-state index is 0.0894. The summed E-state index contributed by atoms with van der Waals surface area (Å²) in [5, 5.41) is 17.1. The number of carbonyl (C=O) groups excluding carboxylic acids is 1. The van der Waals surface area contributed by atoms with Gasteiger partial charge >= 0.3 is 11.7 Å². The minimum atomic E-state index is -0.749. The number of aromatic nitrogens is 2. The zero-order chi connectivity index (χ0) is 20.1. The van der Waals surface area contributed by atoms with Gasteiger partial charge in [0.1, 0.15) is 5.56 Å². The molecule has 1 fully saturated rings. The Morgan fingerprint density at radius 2 is 1.86 bits per heavy atom. The van der Waals surface area contributed by atoms with Crippen LogP contribution in [0.2, 0.25) is 0 Å². The molecule has 2 aromatic rings. The molecule has 1 saturated carbocycles. The average Bonchev–Trinajstić information content (AvgIpc) is 2.67. The molecule has 0 radical (unpaired) electrons. The maximum Gasteiger partial charge on any atom is 0.339 e. The molecule has 1 heterocycles. The number of aromatic amines is 1. The number of hydrogen-bond donors (Lipinski definition) is 4. The molecule has 28 heavy (non-hydrogen) atoms. The molecule has 4 N–H and O–H groups in total. The Kier molecular flexibility index (Phi) is 5.93. The Labute approximate surface area is 161 Å². The molecule has 1 aromatic carbocycles. The van der Waals surface area contributed by atoms with Gasteiger partial charge in [-0.1, -0.05) is 37.5 Å². The van der Waals surface area contributed by atoms with E-state index in [1.165, 1.54) is 11.5 Å². The third-order valence-electron chi connectivity index (χ3n) is 4.78. The van der Waals surface area contributed by atoms with Crippen LogP contribution in [0.1, 0.15) is 50.6 Å². The molecule has 3 rings (SSSR count). The fraction of sp³-hybridized carbons (Fsp3) is 0.368. The number of nitrogens with zero attached hydrogens (tertiary/aromatic N) is 2. The molecule has 0 spiro atoms. The van der Waals surface area contributed by atoms with Crippen molar-refractivity contribution >= 4 is 17.4 Å². The van der Waals surface area contributed by atoms with Gasteiger partial charge in [-0.05, 0) is 31.9 Å². The number of urea groups is 1. The predicted molar refractivity (Wildman–Crippen MR) is 106 cm³/mol. The van der Waals surface area contributed by atoms with Crippen molar-refractivity contribution in [3.05, 3.63) is 56.7 Å². The van der Waals surface area contributed by atoms with E-state index in [1.54, 1.807) is 24.3 Å². The number of nitrogens with one attached hydrogen (secondary N) is 3. The summed E-state index contributed by atoms with van der Waals surface area (Å²) in [6.45, 7) is 1.47. The Morgan fingerprint density at radius 1 is 1.18 bits per heavy atom. The topological polar surface area (TPSA) is 129 Å². The van der Waals surface area contributed by atoms with Crippen molar-refractivity contribution in [2.75, 3.05) is 5.32 Å². The maximum absolute atomic E-state index is 12.2. The van der Waals surface area contributed by atoms with Gasteiger partial charge in [0.15, 0.2) is 0 Å². The van der Waals surface area contributed by atoms with Gasteiger partial charge in [-0.2, -0.15) is 5.10 Å². The van der Waals surface area contributed by atoms with Crippen molar-refractivity contribution in [2.45, 2.75) is 45.1 Å². The predicted octanol–water partition coefficient (Wildman–Crippen LogP) is 2.29. The van der Waals surface area contributed by atoms with Crippen molar-refractivity contribution < 1.29 is 9.90 Å². The van der Waals surface area contributed by atoms with E-state index in [0.717, 1.165) is 32.1 Å². The SMILES string of the molecule is C/C(=N\NC(=O)Nc1ccccc1)c1c(O)n(C2CCCCC2)c(=O)[nH]c1=O. The van der Waals surface area contributed by atoms with Gasteiger partial charge in [-0.3, -0.25) is 14.3 Å². The lowest BCUT2D eigenvalue weighted by molar-refractivity contribution is 0.252. The van der Waals surface area contributed by atoms with Gasteiger partial charge in [0, 0.05) is 11.7 Å². The maximum atomic E-state index is 12.2. The van der Waals surface area contributed by atoms with Gasteiger partial charge in [0.2, 0.25) is 5.88 Å². The molecular formula is C19H23N5O4. The second-order valence-corrected chi connectivity index (χ2v) is 6.75. The second kappa shape index (κ2) is 8.55. The third-order valence-corrected chi connectivity index (χ3v) is 4.78. The lowest BCUT2D eigenvalue weighted by atomic mass is 9.95. The highest BCUT2D eigenvalue weighted by molar-refractivity contribution is 6.01. The number of carbonyl (C=O) groups is 1. The van der Waals surface area contributed by atoms with Crippen LogP contribution in [0, 0.1) is 0 Å². The lowest BCUT2D eigenvalue weighted by Crippen LogP contribution is -2.36. The number of anilines is 1. The lowest BCUT2D eigenvalue weighted by Gasteiger charge is -2.25. The van der Waals surface area contributed by atoms with Crippen molar-refractivity contribution in [2.24, 2.45) is 5.10 Å². The molecule has 0 saturated heterocycles. The molecule has 1 aromatic heterocycles. The number of amides is 2. The zero-order valence-corrected chi connectivity index (χ0v) is 15.6. The number of para-hydroxylation sites is 1. The van der Waals surface area contributed by atoms with E-state index >= 15 is 0 Å². The first-order chi connectivity index (χ1) is 13.5.